The Morgan fingerprint density at radius 1 is 1.31 bits per heavy atom. The van der Waals surface area contributed by atoms with Crippen molar-refractivity contribution in [3.05, 3.63) is 12.2 Å². The van der Waals surface area contributed by atoms with Crippen LogP contribution in [0.5, 0.6) is 0 Å². The van der Waals surface area contributed by atoms with Crippen LogP contribution in [0.15, 0.2) is 12.2 Å². The quantitative estimate of drug-likeness (QED) is 0.345. The Morgan fingerprint density at radius 2 is 2.00 bits per heavy atom. The van der Waals surface area contributed by atoms with E-state index in [1.165, 1.54) is 13.0 Å². The summed E-state index contributed by atoms with van der Waals surface area (Å²) in [6, 6.07) is 0. The van der Waals surface area contributed by atoms with Crippen LogP contribution < -0.4 is 0 Å². The second-order valence-electron chi connectivity index (χ2n) is 3.20. The van der Waals surface area contributed by atoms with Gasteiger partial charge in [-0.25, -0.2) is 0 Å². The molecule has 0 bridgehead atoms. The minimum absolute atomic E-state index is 0.0530. The summed E-state index contributed by atoms with van der Waals surface area (Å²) in [7, 11) is 0. The molecule has 0 N–H and O–H groups in total. The van der Waals surface area contributed by atoms with E-state index in [9.17, 15) is 14.4 Å². The molecule has 0 rings (SSSR count). The highest BCUT2D eigenvalue weighted by Gasteiger charge is 2.08. The number of ketones is 1. The summed E-state index contributed by atoms with van der Waals surface area (Å²) in [5.74, 6) is -0.315. The monoisotopic (exact) mass is 227 g/mol. The molecule has 0 spiro atoms. The van der Waals surface area contributed by atoms with Crippen LogP contribution in [-0.2, 0) is 19.1 Å². The molecule has 0 unspecified atom stereocenters. The topological polar surface area (TPSA) is 63.7 Å². The van der Waals surface area contributed by atoms with Crippen LogP contribution in [0.3, 0.4) is 0 Å². The van der Waals surface area contributed by atoms with Crippen molar-refractivity contribution in [2.24, 2.45) is 0 Å². The maximum atomic E-state index is 11.2. The van der Waals surface area contributed by atoms with Crippen LogP contribution in [0, 0.1) is 0 Å². The van der Waals surface area contributed by atoms with Crippen LogP contribution in [0.1, 0.15) is 20.3 Å². The highest BCUT2D eigenvalue weighted by atomic mass is 16.5. The molecule has 0 radical (unpaired) electrons. The van der Waals surface area contributed by atoms with Crippen LogP contribution in [0.4, 0.5) is 0 Å². The van der Waals surface area contributed by atoms with Crippen LogP contribution >= 0.6 is 0 Å². The molecule has 0 atom stereocenters. The summed E-state index contributed by atoms with van der Waals surface area (Å²) in [6.07, 6.45) is 3.69. The minimum atomic E-state index is -0.368. The van der Waals surface area contributed by atoms with Gasteiger partial charge in [0.1, 0.15) is 5.78 Å². The third-order valence-electron chi connectivity index (χ3n) is 1.79. The van der Waals surface area contributed by atoms with Gasteiger partial charge in [-0.15, -0.1) is 0 Å². The van der Waals surface area contributed by atoms with E-state index in [0.29, 0.717) is 19.4 Å². The molecule has 0 aliphatic rings. The Hall–Kier alpha value is -1.49. The summed E-state index contributed by atoms with van der Waals surface area (Å²) in [5, 5.41) is 0. The molecule has 0 aromatic carbocycles. The van der Waals surface area contributed by atoms with E-state index in [-0.39, 0.29) is 24.8 Å². The fraction of sp³-hybridized carbons (Fsp3) is 0.545. The van der Waals surface area contributed by atoms with Crippen molar-refractivity contribution in [3.63, 3.8) is 0 Å². The van der Waals surface area contributed by atoms with E-state index in [2.05, 4.69) is 0 Å². The van der Waals surface area contributed by atoms with Gasteiger partial charge in [-0.2, -0.15) is 0 Å². The fourth-order valence-corrected chi connectivity index (χ4v) is 0.934. The standard InChI is InChI=1S/C11H17NO4/c1-3-4-11(15)12(9-13)6-8-16-7-5-10(2)14/h3-4,9H,5-8H2,1-2H3/b4-3-. The first-order valence-corrected chi connectivity index (χ1v) is 5.07. The molecular weight excluding hydrogens is 210 g/mol. The van der Waals surface area contributed by atoms with Crippen molar-refractivity contribution in [2.75, 3.05) is 19.8 Å². The summed E-state index contributed by atoms with van der Waals surface area (Å²) < 4.78 is 5.11. The lowest BCUT2D eigenvalue weighted by Crippen LogP contribution is -2.31. The number of carbonyl (C=O) groups is 3. The van der Waals surface area contributed by atoms with Crippen molar-refractivity contribution in [3.8, 4) is 0 Å². The average molecular weight is 227 g/mol. The number of amides is 2. The molecule has 0 aromatic rings. The number of hydrogen-bond acceptors (Lipinski definition) is 4. The fourth-order valence-electron chi connectivity index (χ4n) is 0.934. The summed E-state index contributed by atoms with van der Waals surface area (Å²) in [6.45, 7) is 3.95. The summed E-state index contributed by atoms with van der Waals surface area (Å²) in [4.78, 5) is 33.4. The van der Waals surface area contributed by atoms with Gasteiger partial charge < -0.3 is 4.74 Å². The predicted octanol–water partition coefficient (Wildman–Crippen LogP) is 0.543. The van der Waals surface area contributed by atoms with E-state index >= 15 is 0 Å². The van der Waals surface area contributed by atoms with E-state index in [4.69, 9.17) is 4.74 Å². The Morgan fingerprint density at radius 3 is 2.50 bits per heavy atom. The van der Waals surface area contributed by atoms with Gasteiger partial charge in [0.2, 0.25) is 6.41 Å². The number of Topliss-reactive ketones (excluding diaryl/α,β-unsaturated/α-hetero) is 1. The lowest BCUT2D eigenvalue weighted by molar-refractivity contribution is -0.135. The Bertz CT molecular complexity index is 273. The highest BCUT2D eigenvalue weighted by molar-refractivity contribution is 5.94. The molecule has 5 nitrogen and oxygen atoms in total. The van der Waals surface area contributed by atoms with E-state index in [1.54, 1.807) is 13.0 Å². The molecule has 0 aliphatic carbocycles. The molecule has 0 saturated carbocycles. The molecule has 5 heteroatoms. The molecule has 0 saturated heterocycles. The van der Waals surface area contributed by atoms with Gasteiger partial charge in [-0.1, -0.05) is 6.08 Å². The van der Waals surface area contributed by atoms with Gasteiger partial charge in [0.25, 0.3) is 5.91 Å². The smallest absolute Gasteiger partial charge is 0.252 e. The van der Waals surface area contributed by atoms with Crippen molar-refractivity contribution >= 4 is 18.1 Å². The molecule has 0 aromatic heterocycles. The lowest BCUT2D eigenvalue weighted by atomic mass is 10.3. The molecular formula is C11H17NO4. The van der Waals surface area contributed by atoms with Crippen LogP contribution in [-0.4, -0.2) is 42.8 Å². The first-order chi connectivity index (χ1) is 7.61. The SMILES string of the molecule is C/C=C\C(=O)N(C=O)CCOCCC(C)=O. The van der Waals surface area contributed by atoms with Gasteiger partial charge in [0, 0.05) is 6.42 Å². The zero-order valence-corrected chi connectivity index (χ0v) is 9.64. The number of hydrogen-bond donors (Lipinski definition) is 0. The normalized spacial score (nSPS) is 10.4. The van der Waals surface area contributed by atoms with Crippen molar-refractivity contribution < 1.29 is 19.1 Å². The highest BCUT2D eigenvalue weighted by Crippen LogP contribution is 1.90. The number of allylic oxidation sites excluding steroid dienone is 1. The van der Waals surface area contributed by atoms with Crippen LogP contribution in [0.2, 0.25) is 0 Å². The molecule has 2 amide bonds. The molecule has 0 heterocycles. The maximum absolute atomic E-state index is 11.2. The van der Waals surface area contributed by atoms with Gasteiger partial charge in [0.05, 0.1) is 19.8 Å². The van der Waals surface area contributed by atoms with E-state index in [0.717, 1.165) is 4.90 Å². The number of ether oxygens (including phenoxy) is 1. The van der Waals surface area contributed by atoms with Gasteiger partial charge >= 0.3 is 0 Å². The molecule has 0 fully saturated rings. The van der Waals surface area contributed by atoms with Crippen molar-refractivity contribution in [2.45, 2.75) is 20.3 Å². The van der Waals surface area contributed by atoms with Crippen LogP contribution in [0.25, 0.3) is 0 Å². The largest absolute Gasteiger partial charge is 0.379 e. The first-order valence-electron chi connectivity index (χ1n) is 5.07. The second kappa shape index (κ2) is 8.79. The zero-order valence-electron chi connectivity index (χ0n) is 9.64. The molecule has 16 heavy (non-hydrogen) atoms. The maximum Gasteiger partial charge on any atom is 0.252 e. The number of nitrogens with zero attached hydrogens (tertiary/aromatic N) is 1. The predicted molar refractivity (Wildman–Crippen MR) is 58.7 cm³/mol. The van der Waals surface area contributed by atoms with Crippen molar-refractivity contribution in [1.82, 2.24) is 4.90 Å². The molecule has 90 valence electrons. The van der Waals surface area contributed by atoms with Gasteiger partial charge in [-0.3, -0.25) is 19.3 Å². The minimum Gasteiger partial charge on any atom is -0.379 e. The second-order valence-corrected chi connectivity index (χ2v) is 3.20. The number of imide groups is 1. The Labute approximate surface area is 95.1 Å². The summed E-state index contributed by atoms with van der Waals surface area (Å²) in [5.41, 5.74) is 0. The Balaban J connectivity index is 3.75. The van der Waals surface area contributed by atoms with Gasteiger partial charge in [0.15, 0.2) is 0 Å². The van der Waals surface area contributed by atoms with Gasteiger partial charge in [-0.05, 0) is 19.9 Å². The third kappa shape index (κ3) is 6.89. The van der Waals surface area contributed by atoms with E-state index in [1.807, 2.05) is 0 Å². The zero-order chi connectivity index (χ0) is 12.4. The first kappa shape index (κ1) is 14.5. The summed E-state index contributed by atoms with van der Waals surface area (Å²) >= 11 is 0. The van der Waals surface area contributed by atoms with Crippen molar-refractivity contribution in [1.29, 1.82) is 0 Å². The number of rotatable bonds is 8. The third-order valence-corrected chi connectivity index (χ3v) is 1.79. The van der Waals surface area contributed by atoms with E-state index < -0.39 is 0 Å². The number of carbonyl (C=O) groups excluding carboxylic acids is 3. The molecule has 0 aliphatic heterocycles. The lowest BCUT2D eigenvalue weighted by Gasteiger charge is -2.12. The Kier molecular flexibility index (Phi) is 7.97. The average Bonchev–Trinajstić information content (AvgIpc) is 2.23.